The molecule has 35 heavy (non-hydrogen) atoms. The summed E-state index contributed by atoms with van der Waals surface area (Å²) in [6, 6.07) is 14.5. The fourth-order valence-corrected chi connectivity index (χ4v) is 7.86. The number of thiazole rings is 1. The van der Waals surface area contributed by atoms with Crippen molar-refractivity contribution >= 4 is 54.0 Å². The summed E-state index contributed by atoms with van der Waals surface area (Å²) in [4.78, 5) is 19.6. The van der Waals surface area contributed by atoms with Crippen molar-refractivity contribution < 1.29 is 22.0 Å². The van der Waals surface area contributed by atoms with E-state index in [0.717, 1.165) is 34.3 Å². The molecule has 1 aliphatic rings. The molecular formula is C24H21F2N3O3S3. The van der Waals surface area contributed by atoms with Gasteiger partial charge in [0.25, 0.3) is 10.0 Å². The molecule has 0 spiro atoms. The number of piperidine rings is 1. The lowest BCUT2D eigenvalue weighted by molar-refractivity contribution is -0.123. The van der Waals surface area contributed by atoms with Gasteiger partial charge in [0.1, 0.15) is 15.5 Å². The van der Waals surface area contributed by atoms with Crippen molar-refractivity contribution in [2.24, 2.45) is 5.92 Å². The third-order valence-corrected chi connectivity index (χ3v) is 10.2. The Morgan fingerprint density at radius 1 is 1.14 bits per heavy atom. The minimum absolute atomic E-state index is 0.00260. The number of sulfonamides is 1. The zero-order valence-electron chi connectivity index (χ0n) is 18.4. The lowest BCUT2D eigenvalue weighted by atomic mass is 9.98. The highest BCUT2D eigenvalue weighted by Gasteiger charge is 2.36. The number of amides is 1. The topological polar surface area (TPSA) is 70.6 Å². The van der Waals surface area contributed by atoms with Crippen molar-refractivity contribution in [3.8, 4) is 0 Å². The van der Waals surface area contributed by atoms with E-state index >= 15 is 0 Å². The average Bonchev–Trinajstić information content (AvgIpc) is 3.54. The van der Waals surface area contributed by atoms with Crippen LogP contribution >= 0.6 is 22.7 Å². The monoisotopic (exact) mass is 533 g/mol. The Labute approximate surface area is 209 Å². The Balaban J connectivity index is 1.48. The van der Waals surface area contributed by atoms with Gasteiger partial charge in [-0.1, -0.05) is 47.7 Å². The molecule has 3 heterocycles. The van der Waals surface area contributed by atoms with E-state index in [2.05, 4.69) is 4.98 Å². The van der Waals surface area contributed by atoms with Gasteiger partial charge in [0.15, 0.2) is 10.9 Å². The molecule has 11 heteroatoms. The second-order valence-electron chi connectivity index (χ2n) is 8.28. The van der Waals surface area contributed by atoms with Gasteiger partial charge in [-0.25, -0.2) is 22.2 Å². The van der Waals surface area contributed by atoms with Gasteiger partial charge >= 0.3 is 0 Å². The molecule has 1 fully saturated rings. The number of hydrogen-bond donors (Lipinski definition) is 0. The highest BCUT2D eigenvalue weighted by atomic mass is 32.2. The molecule has 1 amide bonds. The number of benzene rings is 2. The molecule has 1 unspecified atom stereocenters. The predicted octanol–water partition coefficient (Wildman–Crippen LogP) is 5.27. The van der Waals surface area contributed by atoms with Gasteiger partial charge in [-0.2, -0.15) is 4.31 Å². The number of carbonyl (C=O) groups is 1. The van der Waals surface area contributed by atoms with Crippen molar-refractivity contribution in [3.63, 3.8) is 0 Å². The van der Waals surface area contributed by atoms with Crippen molar-refractivity contribution in [1.29, 1.82) is 0 Å². The second kappa shape index (κ2) is 9.73. The Hall–Kier alpha value is -2.73. The molecule has 0 bridgehead atoms. The van der Waals surface area contributed by atoms with Gasteiger partial charge in [-0.05, 0) is 35.9 Å². The first kappa shape index (κ1) is 24.0. The van der Waals surface area contributed by atoms with Crippen LogP contribution in [-0.4, -0.2) is 36.7 Å². The standard InChI is InChI=1S/C24H21F2N3O3S3/c25-18-12-19(26)22-20(13-18)34-24(27-22)29(14-16-6-2-1-3-7-16)23(30)17-8-4-10-28(15-17)35(31,32)21-9-5-11-33-21/h1-3,5-7,9,11-13,17H,4,8,10,14-15H2. The zero-order chi connectivity index (χ0) is 24.6. The van der Waals surface area contributed by atoms with Crippen molar-refractivity contribution in [3.05, 3.63) is 77.2 Å². The second-order valence-corrected chi connectivity index (χ2v) is 12.4. The van der Waals surface area contributed by atoms with Gasteiger partial charge in [-0.3, -0.25) is 9.69 Å². The molecule has 0 saturated carbocycles. The molecule has 0 aliphatic carbocycles. The number of halogens is 2. The summed E-state index contributed by atoms with van der Waals surface area (Å²) < 4.78 is 56.1. The van der Waals surface area contributed by atoms with E-state index in [4.69, 9.17) is 0 Å². The van der Waals surface area contributed by atoms with E-state index in [1.165, 1.54) is 15.3 Å². The number of carbonyl (C=O) groups excluding carboxylic acids is 1. The number of thiophene rings is 1. The van der Waals surface area contributed by atoms with Gasteiger partial charge in [0, 0.05) is 19.2 Å². The van der Waals surface area contributed by atoms with Crippen LogP contribution < -0.4 is 4.90 Å². The van der Waals surface area contributed by atoms with E-state index in [1.54, 1.807) is 17.5 Å². The maximum atomic E-state index is 14.4. The van der Waals surface area contributed by atoms with Crippen LogP contribution in [0.25, 0.3) is 10.2 Å². The van der Waals surface area contributed by atoms with Crippen LogP contribution in [0, 0.1) is 17.6 Å². The lowest BCUT2D eigenvalue weighted by Crippen LogP contribution is -2.46. The third kappa shape index (κ3) is 4.86. The number of anilines is 1. The summed E-state index contributed by atoms with van der Waals surface area (Å²) in [5, 5.41) is 1.95. The number of nitrogens with zero attached hydrogens (tertiary/aromatic N) is 3. The minimum Gasteiger partial charge on any atom is -0.283 e. The molecule has 0 radical (unpaired) electrons. The Morgan fingerprint density at radius 2 is 1.94 bits per heavy atom. The molecule has 0 N–H and O–H groups in total. The van der Waals surface area contributed by atoms with Crippen molar-refractivity contribution in [1.82, 2.24) is 9.29 Å². The Bertz CT molecular complexity index is 1460. The molecule has 2 aromatic carbocycles. The molecular weight excluding hydrogens is 512 g/mol. The van der Waals surface area contributed by atoms with Crippen LogP contribution in [0.4, 0.5) is 13.9 Å². The lowest BCUT2D eigenvalue weighted by Gasteiger charge is -2.33. The van der Waals surface area contributed by atoms with Gasteiger partial charge in [0.2, 0.25) is 5.91 Å². The molecule has 4 aromatic rings. The SMILES string of the molecule is O=C(C1CCCN(S(=O)(=O)c2cccs2)C1)N(Cc1ccccc1)c1nc2c(F)cc(F)cc2s1. The largest absolute Gasteiger partial charge is 0.283 e. The molecule has 6 nitrogen and oxygen atoms in total. The van der Waals surface area contributed by atoms with Crippen LogP contribution in [0.2, 0.25) is 0 Å². The fraction of sp³-hybridized carbons (Fsp3) is 0.250. The Morgan fingerprint density at radius 3 is 2.69 bits per heavy atom. The molecule has 5 rings (SSSR count). The summed E-state index contributed by atoms with van der Waals surface area (Å²) >= 11 is 2.18. The normalized spacial score (nSPS) is 17.0. The molecule has 1 aliphatic heterocycles. The van der Waals surface area contributed by atoms with E-state index in [0.29, 0.717) is 24.1 Å². The number of rotatable bonds is 6. The van der Waals surface area contributed by atoms with Crippen LogP contribution in [0.3, 0.4) is 0 Å². The van der Waals surface area contributed by atoms with Crippen LogP contribution in [0.1, 0.15) is 18.4 Å². The first-order valence-corrected chi connectivity index (χ1v) is 14.1. The van der Waals surface area contributed by atoms with Gasteiger partial charge < -0.3 is 0 Å². The van der Waals surface area contributed by atoms with Gasteiger partial charge in [-0.15, -0.1) is 11.3 Å². The molecule has 1 atom stereocenters. The van der Waals surface area contributed by atoms with Crippen molar-refractivity contribution in [2.75, 3.05) is 18.0 Å². The number of fused-ring (bicyclic) bond motifs is 1. The molecule has 182 valence electrons. The molecule has 1 saturated heterocycles. The third-order valence-electron chi connectivity index (χ3n) is 5.90. The summed E-state index contributed by atoms with van der Waals surface area (Å²) in [6.45, 7) is 0.574. The van der Waals surface area contributed by atoms with E-state index < -0.39 is 27.6 Å². The van der Waals surface area contributed by atoms with Crippen molar-refractivity contribution in [2.45, 2.75) is 23.6 Å². The van der Waals surface area contributed by atoms with Crippen LogP contribution in [0.5, 0.6) is 0 Å². The summed E-state index contributed by atoms with van der Waals surface area (Å²) in [5.41, 5.74) is 0.841. The van der Waals surface area contributed by atoms with E-state index in [-0.39, 0.29) is 33.9 Å². The Kier molecular flexibility index (Phi) is 6.67. The molecule has 2 aromatic heterocycles. The fourth-order valence-electron chi connectivity index (χ4n) is 4.19. The maximum Gasteiger partial charge on any atom is 0.252 e. The first-order chi connectivity index (χ1) is 16.8. The summed E-state index contributed by atoms with van der Waals surface area (Å²) in [7, 11) is -3.69. The first-order valence-electron chi connectivity index (χ1n) is 11.0. The average molecular weight is 534 g/mol. The maximum absolute atomic E-state index is 14.4. The highest BCUT2D eigenvalue weighted by Crippen LogP contribution is 2.34. The smallest absolute Gasteiger partial charge is 0.252 e. The predicted molar refractivity (Wildman–Crippen MR) is 133 cm³/mol. The van der Waals surface area contributed by atoms with E-state index in [9.17, 15) is 22.0 Å². The van der Waals surface area contributed by atoms with Crippen LogP contribution in [0.15, 0.2) is 64.2 Å². The number of aromatic nitrogens is 1. The minimum atomic E-state index is -3.69. The van der Waals surface area contributed by atoms with E-state index in [1.807, 2.05) is 30.3 Å². The summed E-state index contributed by atoms with van der Waals surface area (Å²) in [6.07, 6.45) is 1.06. The zero-order valence-corrected chi connectivity index (χ0v) is 20.9. The van der Waals surface area contributed by atoms with Crippen LogP contribution in [-0.2, 0) is 21.4 Å². The number of hydrogen-bond acceptors (Lipinski definition) is 6. The van der Waals surface area contributed by atoms with Gasteiger partial charge in [0.05, 0.1) is 17.2 Å². The quantitative estimate of drug-likeness (QED) is 0.339. The summed E-state index contributed by atoms with van der Waals surface area (Å²) in [5.74, 6) is -2.39. The highest BCUT2D eigenvalue weighted by molar-refractivity contribution is 7.91.